The van der Waals surface area contributed by atoms with Crippen molar-refractivity contribution in [3.8, 4) is 17.1 Å². The quantitative estimate of drug-likeness (QED) is 0.616. The minimum Gasteiger partial charge on any atom is -0.497 e. The van der Waals surface area contributed by atoms with Crippen molar-refractivity contribution in [1.29, 1.82) is 0 Å². The zero-order chi connectivity index (χ0) is 17.2. The van der Waals surface area contributed by atoms with Gasteiger partial charge in [0.1, 0.15) is 11.6 Å². The highest BCUT2D eigenvalue weighted by Gasteiger charge is 2.10. The number of anilines is 2. The van der Waals surface area contributed by atoms with Gasteiger partial charge in [-0.15, -0.1) is 15.3 Å². The molecule has 2 heterocycles. The largest absolute Gasteiger partial charge is 0.497 e. The topological polar surface area (TPSA) is 64.3 Å². The van der Waals surface area contributed by atoms with E-state index in [2.05, 4.69) is 20.6 Å². The van der Waals surface area contributed by atoms with E-state index in [9.17, 15) is 4.39 Å². The van der Waals surface area contributed by atoms with Gasteiger partial charge >= 0.3 is 0 Å². The van der Waals surface area contributed by atoms with E-state index in [1.165, 1.54) is 12.1 Å². The Bertz CT molecular complexity index is 1010. The second-order valence-electron chi connectivity index (χ2n) is 5.37. The maximum atomic E-state index is 13.0. The number of benzene rings is 2. The zero-order valence-corrected chi connectivity index (χ0v) is 13.3. The summed E-state index contributed by atoms with van der Waals surface area (Å²) >= 11 is 0. The lowest BCUT2D eigenvalue weighted by atomic mass is 10.2. The first kappa shape index (κ1) is 15.1. The molecule has 25 heavy (non-hydrogen) atoms. The summed E-state index contributed by atoms with van der Waals surface area (Å²) in [5.41, 5.74) is 2.25. The van der Waals surface area contributed by atoms with Gasteiger partial charge in [0, 0.05) is 11.3 Å². The average molecular weight is 335 g/mol. The number of nitrogens with one attached hydrogen (secondary N) is 1. The van der Waals surface area contributed by atoms with Crippen molar-refractivity contribution in [2.75, 3.05) is 12.4 Å². The molecule has 0 bridgehead atoms. The Balaban J connectivity index is 1.70. The summed E-state index contributed by atoms with van der Waals surface area (Å²) < 4.78 is 19.8. The molecule has 0 fully saturated rings. The Kier molecular flexibility index (Phi) is 3.74. The van der Waals surface area contributed by atoms with Crippen molar-refractivity contribution in [1.82, 2.24) is 19.8 Å². The Morgan fingerprint density at radius 2 is 1.68 bits per heavy atom. The molecule has 0 spiro atoms. The van der Waals surface area contributed by atoms with Crippen LogP contribution < -0.4 is 10.1 Å². The molecule has 0 radical (unpaired) electrons. The molecule has 0 atom stereocenters. The average Bonchev–Trinajstić information content (AvgIpc) is 3.07. The van der Waals surface area contributed by atoms with Crippen LogP contribution in [0.25, 0.3) is 17.0 Å². The highest BCUT2D eigenvalue weighted by atomic mass is 19.1. The third kappa shape index (κ3) is 2.99. The highest BCUT2D eigenvalue weighted by Crippen LogP contribution is 2.22. The van der Waals surface area contributed by atoms with Gasteiger partial charge in [-0.25, -0.2) is 4.39 Å². The van der Waals surface area contributed by atoms with Gasteiger partial charge in [-0.1, -0.05) is 0 Å². The summed E-state index contributed by atoms with van der Waals surface area (Å²) in [6, 6.07) is 17.2. The molecule has 7 heteroatoms. The fourth-order valence-corrected chi connectivity index (χ4v) is 2.46. The fraction of sp³-hybridized carbons (Fsp3) is 0.0556. The van der Waals surface area contributed by atoms with Gasteiger partial charge in [0.15, 0.2) is 17.3 Å². The Labute approximate surface area is 142 Å². The van der Waals surface area contributed by atoms with E-state index in [0.717, 1.165) is 17.0 Å². The van der Waals surface area contributed by atoms with Crippen LogP contribution in [0.2, 0.25) is 0 Å². The SMILES string of the molecule is COc1ccc(-c2nnc3ccc(Nc4ccc(F)cc4)nn23)cc1. The molecule has 6 nitrogen and oxygen atoms in total. The van der Waals surface area contributed by atoms with Crippen LogP contribution in [0.15, 0.2) is 60.7 Å². The predicted molar refractivity (Wildman–Crippen MR) is 92.5 cm³/mol. The van der Waals surface area contributed by atoms with E-state index >= 15 is 0 Å². The van der Waals surface area contributed by atoms with Gasteiger partial charge in [-0.3, -0.25) is 0 Å². The number of aromatic nitrogens is 4. The number of fused-ring (bicyclic) bond motifs is 1. The molecule has 0 unspecified atom stereocenters. The fourth-order valence-electron chi connectivity index (χ4n) is 2.46. The van der Waals surface area contributed by atoms with Gasteiger partial charge in [0.2, 0.25) is 0 Å². The Hall–Kier alpha value is -3.48. The number of ether oxygens (including phenoxy) is 1. The van der Waals surface area contributed by atoms with Crippen LogP contribution in [0, 0.1) is 5.82 Å². The van der Waals surface area contributed by atoms with E-state index in [0.29, 0.717) is 17.3 Å². The first-order valence-corrected chi connectivity index (χ1v) is 7.62. The first-order valence-electron chi connectivity index (χ1n) is 7.62. The molecule has 124 valence electrons. The number of halogens is 1. The molecule has 4 aromatic rings. The highest BCUT2D eigenvalue weighted by molar-refractivity contribution is 5.62. The van der Waals surface area contributed by atoms with Crippen LogP contribution in [0.4, 0.5) is 15.9 Å². The maximum absolute atomic E-state index is 13.0. The summed E-state index contributed by atoms with van der Waals surface area (Å²) in [5, 5.41) is 16.0. The standard InChI is InChI=1S/C18H14FN5O/c1-25-15-8-2-12(3-9-15)18-22-21-17-11-10-16(23-24(17)18)20-14-6-4-13(19)5-7-14/h2-11H,1H3,(H,20,23). The van der Waals surface area contributed by atoms with Crippen LogP contribution in [-0.4, -0.2) is 26.9 Å². The van der Waals surface area contributed by atoms with Crippen molar-refractivity contribution in [2.45, 2.75) is 0 Å². The zero-order valence-electron chi connectivity index (χ0n) is 13.3. The van der Waals surface area contributed by atoms with Crippen molar-refractivity contribution in [3.63, 3.8) is 0 Å². The van der Waals surface area contributed by atoms with Crippen molar-refractivity contribution >= 4 is 17.2 Å². The van der Waals surface area contributed by atoms with Gasteiger partial charge in [-0.2, -0.15) is 4.52 Å². The molecule has 0 saturated carbocycles. The predicted octanol–water partition coefficient (Wildman–Crippen LogP) is 3.68. The minimum atomic E-state index is -0.283. The summed E-state index contributed by atoms with van der Waals surface area (Å²) in [5.74, 6) is 1.72. The lowest BCUT2D eigenvalue weighted by Gasteiger charge is -2.06. The molecule has 0 aliphatic carbocycles. The van der Waals surface area contributed by atoms with E-state index < -0.39 is 0 Å². The second kappa shape index (κ2) is 6.20. The number of rotatable bonds is 4. The number of hydrogen-bond donors (Lipinski definition) is 1. The summed E-state index contributed by atoms with van der Waals surface area (Å²) in [6.45, 7) is 0. The molecule has 0 aliphatic rings. The monoisotopic (exact) mass is 335 g/mol. The Morgan fingerprint density at radius 3 is 2.40 bits per heavy atom. The van der Waals surface area contributed by atoms with Gasteiger partial charge < -0.3 is 10.1 Å². The van der Waals surface area contributed by atoms with Crippen LogP contribution in [0.5, 0.6) is 5.75 Å². The van der Waals surface area contributed by atoms with E-state index in [-0.39, 0.29) is 5.82 Å². The summed E-state index contributed by atoms with van der Waals surface area (Å²) in [6.07, 6.45) is 0. The summed E-state index contributed by atoms with van der Waals surface area (Å²) in [7, 11) is 1.62. The molecular formula is C18H14FN5O. The molecule has 2 aromatic heterocycles. The smallest absolute Gasteiger partial charge is 0.185 e. The second-order valence-corrected chi connectivity index (χ2v) is 5.37. The van der Waals surface area contributed by atoms with Crippen LogP contribution in [-0.2, 0) is 0 Å². The third-order valence-electron chi connectivity index (χ3n) is 3.73. The van der Waals surface area contributed by atoms with E-state index in [4.69, 9.17) is 4.74 Å². The van der Waals surface area contributed by atoms with Gasteiger partial charge in [-0.05, 0) is 60.7 Å². The summed E-state index contributed by atoms with van der Waals surface area (Å²) in [4.78, 5) is 0. The lowest BCUT2D eigenvalue weighted by Crippen LogP contribution is -2.00. The molecule has 0 amide bonds. The number of nitrogens with zero attached hydrogens (tertiary/aromatic N) is 4. The van der Waals surface area contributed by atoms with Crippen molar-refractivity contribution in [2.24, 2.45) is 0 Å². The van der Waals surface area contributed by atoms with Crippen LogP contribution in [0.3, 0.4) is 0 Å². The molecule has 0 saturated heterocycles. The third-order valence-corrected chi connectivity index (χ3v) is 3.73. The van der Waals surface area contributed by atoms with Gasteiger partial charge in [0.25, 0.3) is 0 Å². The molecule has 4 rings (SSSR count). The number of hydrogen-bond acceptors (Lipinski definition) is 5. The normalized spacial score (nSPS) is 10.8. The minimum absolute atomic E-state index is 0.283. The first-order chi connectivity index (χ1) is 12.2. The van der Waals surface area contributed by atoms with Crippen molar-refractivity contribution in [3.05, 3.63) is 66.5 Å². The van der Waals surface area contributed by atoms with Gasteiger partial charge in [0.05, 0.1) is 7.11 Å². The molecule has 0 aliphatic heterocycles. The molecular weight excluding hydrogens is 321 g/mol. The molecule has 1 N–H and O–H groups in total. The van der Waals surface area contributed by atoms with E-state index in [1.54, 1.807) is 29.8 Å². The van der Waals surface area contributed by atoms with Crippen LogP contribution >= 0.6 is 0 Å². The van der Waals surface area contributed by atoms with E-state index in [1.807, 2.05) is 30.3 Å². The molecule has 2 aromatic carbocycles. The lowest BCUT2D eigenvalue weighted by molar-refractivity contribution is 0.415. The van der Waals surface area contributed by atoms with Crippen LogP contribution in [0.1, 0.15) is 0 Å². The maximum Gasteiger partial charge on any atom is 0.185 e. The van der Waals surface area contributed by atoms with Crippen molar-refractivity contribution < 1.29 is 9.13 Å². The Morgan fingerprint density at radius 1 is 0.920 bits per heavy atom. The number of methoxy groups -OCH3 is 1.